The van der Waals surface area contributed by atoms with Crippen LogP contribution in [0.15, 0.2) is 24.3 Å². The predicted octanol–water partition coefficient (Wildman–Crippen LogP) is 3.42. The summed E-state index contributed by atoms with van der Waals surface area (Å²) in [6.07, 6.45) is 0.853. The van der Waals surface area contributed by atoms with Gasteiger partial charge in [-0.2, -0.15) is 5.10 Å². The zero-order valence-electron chi connectivity index (χ0n) is 12.8. The van der Waals surface area contributed by atoms with Crippen molar-refractivity contribution in [3.05, 3.63) is 46.2 Å². The van der Waals surface area contributed by atoms with Crippen LogP contribution in [0, 0.1) is 0 Å². The average Bonchev–Trinajstić information content (AvgIpc) is 2.83. The van der Waals surface area contributed by atoms with Gasteiger partial charge in [0, 0.05) is 25.2 Å². The van der Waals surface area contributed by atoms with Crippen LogP contribution in [0.2, 0.25) is 5.02 Å². The van der Waals surface area contributed by atoms with Gasteiger partial charge in [-0.1, -0.05) is 36.7 Å². The molecule has 0 bridgehead atoms. The van der Waals surface area contributed by atoms with Crippen LogP contribution in [-0.4, -0.2) is 16.9 Å². The maximum atomic E-state index is 6.40. The molecule has 0 amide bonds. The fraction of sp³-hybridized carbons (Fsp3) is 0.438. The second-order valence-electron chi connectivity index (χ2n) is 4.79. The molecule has 21 heavy (non-hydrogen) atoms. The smallest absolute Gasteiger partial charge is 0.123 e. The van der Waals surface area contributed by atoms with Crippen molar-refractivity contribution >= 4 is 11.6 Å². The number of nitrogens with one attached hydrogen (secondary N) is 1. The first-order chi connectivity index (χ1) is 10.2. The Hall–Kier alpha value is -1.52. The van der Waals surface area contributed by atoms with Crippen molar-refractivity contribution < 1.29 is 4.74 Å². The van der Waals surface area contributed by atoms with E-state index in [-0.39, 0.29) is 0 Å². The summed E-state index contributed by atoms with van der Waals surface area (Å²) in [6, 6.07) is 8.01. The first-order valence-electron chi connectivity index (χ1n) is 7.27. The molecule has 0 aliphatic carbocycles. The topological polar surface area (TPSA) is 39.1 Å². The van der Waals surface area contributed by atoms with Crippen LogP contribution in [0.3, 0.4) is 0 Å². The first kappa shape index (κ1) is 15.9. The SMILES string of the molecule is CCc1nn(CC)c(CNCc2ccccc2OC)c1Cl. The number of halogens is 1. The van der Waals surface area contributed by atoms with E-state index < -0.39 is 0 Å². The molecule has 1 aromatic heterocycles. The van der Waals surface area contributed by atoms with E-state index in [1.807, 2.05) is 22.9 Å². The third-order valence-corrected chi connectivity index (χ3v) is 3.93. The molecule has 4 nitrogen and oxygen atoms in total. The first-order valence-corrected chi connectivity index (χ1v) is 7.65. The quantitative estimate of drug-likeness (QED) is 0.852. The lowest BCUT2D eigenvalue weighted by Crippen LogP contribution is -2.16. The van der Waals surface area contributed by atoms with E-state index in [0.717, 1.165) is 47.2 Å². The highest BCUT2D eigenvalue weighted by Crippen LogP contribution is 2.22. The van der Waals surface area contributed by atoms with E-state index in [9.17, 15) is 0 Å². The number of methoxy groups -OCH3 is 1. The normalized spacial score (nSPS) is 10.9. The fourth-order valence-corrected chi connectivity index (χ4v) is 2.69. The van der Waals surface area contributed by atoms with Gasteiger partial charge in [-0.05, 0) is 19.4 Å². The van der Waals surface area contributed by atoms with Gasteiger partial charge in [0.25, 0.3) is 0 Å². The maximum absolute atomic E-state index is 6.40. The molecule has 0 fully saturated rings. The number of aryl methyl sites for hydroxylation is 2. The highest BCUT2D eigenvalue weighted by Gasteiger charge is 2.13. The van der Waals surface area contributed by atoms with Gasteiger partial charge >= 0.3 is 0 Å². The van der Waals surface area contributed by atoms with Crippen molar-refractivity contribution in [2.24, 2.45) is 0 Å². The summed E-state index contributed by atoms with van der Waals surface area (Å²) in [6.45, 7) is 6.40. The van der Waals surface area contributed by atoms with Crippen LogP contribution >= 0.6 is 11.6 Å². The van der Waals surface area contributed by atoms with Crippen LogP contribution in [0.5, 0.6) is 5.75 Å². The largest absolute Gasteiger partial charge is 0.496 e. The molecule has 2 rings (SSSR count). The van der Waals surface area contributed by atoms with Crippen LogP contribution in [0.4, 0.5) is 0 Å². The molecule has 0 saturated carbocycles. The van der Waals surface area contributed by atoms with Crippen LogP contribution in [0.25, 0.3) is 0 Å². The Bertz CT molecular complexity index is 595. The lowest BCUT2D eigenvalue weighted by atomic mass is 10.2. The average molecular weight is 308 g/mol. The zero-order valence-corrected chi connectivity index (χ0v) is 13.6. The summed E-state index contributed by atoms with van der Waals surface area (Å²) in [7, 11) is 1.69. The lowest BCUT2D eigenvalue weighted by Gasteiger charge is -2.10. The number of hydrogen-bond acceptors (Lipinski definition) is 3. The van der Waals surface area contributed by atoms with Crippen molar-refractivity contribution in [1.29, 1.82) is 0 Å². The third kappa shape index (κ3) is 3.57. The Balaban J connectivity index is 2.05. The minimum atomic E-state index is 0.692. The molecule has 0 aliphatic rings. The van der Waals surface area contributed by atoms with Crippen LogP contribution < -0.4 is 10.1 Å². The molecule has 114 valence electrons. The van der Waals surface area contributed by atoms with E-state index in [1.54, 1.807) is 7.11 Å². The second-order valence-corrected chi connectivity index (χ2v) is 5.17. The van der Waals surface area contributed by atoms with Crippen molar-refractivity contribution in [3.63, 3.8) is 0 Å². The monoisotopic (exact) mass is 307 g/mol. The molecule has 0 spiro atoms. The standard InChI is InChI=1S/C16H22ClN3O/c1-4-13-16(17)14(20(5-2)19-13)11-18-10-12-8-6-7-9-15(12)21-3/h6-9,18H,4-5,10-11H2,1-3H3. The summed E-state index contributed by atoms with van der Waals surface area (Å²) in [5.41, 5.74) is 3.15. The molecular formula is C16H22ClN3O. The number of benzene rings is 1. The molecule has 1 heterocycles. The molecule has 1 N–H and O–H groups in total. The van der Waals surface area contributed by atoms with E-state index in [1.165, 1.54) is 0 Å². The molecule has 0 saturated heterocycles. The molecule has 0 unspecified atom stereocenters. The van der Waals surface area contributed by atoms with Gasteiger partial charge in [-0.25, -0.2) is 0 Å². The number of hydrogen-bond donors (Lipinski definition) is 1. The molecule has 5 heteroatoms. The van der Waals surface area contributed by atoms with Crippen LogP contribution in [-0.2, 0) is 26.1 Å². The number of ether oxygens (including phenoxy) is 1. The third-order valence-electron chi connectivity index (χ3n) is 3.49. The minimum absolute atomic E-state index is 0.692. The number of para-hydroxylation sites is 1. The van der Waals surface area contributed by atoms with Gasteiger partial charge < -0.3 is 10.1 Å². The second kappa shape index (κ2) is 7.48. The molecular weight excluding hydrogens is 286 g/mol. The van der Waals surface area contributed by atoms with Gasteiger partial charge in [0.15, 0.2) is 0 Å². The summed E-state index contributed by atoms with van der Waals surface area (Å²) in [5.74, 6) is 0.898. The fourth-order valence-electron chi connectivity index (χ4n) is 2.35. The summed E-state index contributed by atoms with van der Waals surface area (Å²) in [5, 5.41) is 8.73. The van der Waals surface area contributed by atoms with Crippen molar-refractivity contribution in [2.45, 2.75) is 39.9 Å². The highest BCUT2D eigenvalue weighted by molar-refractivity contribution is 6.31. The molecule has 0 aliphatic heterocycles. The van der Waals surface area contributed by atoms with Gasteiger partial charge in [0.05, 0.1) is 23.5 Å². The Morgan fingerprint density at radius 3 is 2.67 bits per heavy atom. The van der Waals surface area contributed by atoms with Gasteiger partial charge in [-0.15, -0.1) is 0 Å². The predicted molar refractivity (Wildman–Crippen MR) is 85.8 cm³/mol. The number of nitrogens with zero attached hydrogens (tertiary/aromatic N) is 2. The van der Waals surface area contributed by atoms with E-state index in [4.69, 9.17) is 16.3 Å². The Labute approximate surface area is 131 Å². The van der Waals surface area contributed by atoms with Gasteiger partial charge in [0.1, 0.15) is 5.75 Å². The summed E-state index contributed by atoms with van der Waals surface area (Å²) >= 11 is 6.40. The summed E-state index contributed by atoms with van der Waals surface area (Å²) < 4.78 is 7.32. The van der Waals surface area contributed by atoms with E-state index in [0.29, 0.717) is 6.54 Å². The Kier molecular flexibility index (Phi) is 5.65. The van der Waals surface area contributed by atoms with Crippen LogP contribution in [0.1, 0.15) is 30.8 Å². The lowest BCUT2D eigenvalue weighted by molar-refractivity contribution is 0.407. The molecule has 1 aromatic carbocycles. The minimum Gasteiger partial charge on any atom is -0.496 e. The Morgan fingerprint density at radius 1 is 1.24 bits per heavy atom. The van der Waals surface area contributed by atoms with Crippen molar-refractivity contribution in [1.82, 2.24) is 15.1 Å². The zero-order chi connectivity index (χ0) is 15.2. The summed E-state index contributed by atoms with van der Waals surface area (Å²) in [4.78, 5) is 0. The Morgan fingerprint density at radius 2 is 2.00 bits per heavy atom. The van der Waals surface area contributed by atoms with Crippen molar-refractivity contribution in [2.75, 3.05) is 7.11 Å². The molecule has 0 radical (unpaired) electrons. The highest BCUT2D eigenvalue weighted by atomic mass is 35.5. The number of rotatable bonds is 7. The molecule has 0 atom stereocenters. The van der Waals surface area contributed by atoms with Crippen molar-refractivity contribution in [3.8, 4) is 5.75 Å². The number of aromatic nitrogens is 2. The molecule has 2 aromatic rings. The van der Waals surface area contributed by atoms with Gasteiger partial charge in [-0.3, -0.25) is 4.68 Å². The van der Waals surface area contributed by atoms with E-state index >= 15 is 0 Å². The van der Waals surface area contributed by atoms with E-state index in [2.05, 4.69) is 30.3 Å². The maximum Gasteiger partial charge on any atom is 0.123 e. The van der Waals surface area contributed by atoms with Gasteiger partial charge in [0.2, 0.25) is 0 Å².